The fraction of sp³-hybridized carbons (Fsp3) is 0.667. The zero-order chi connectivity index (χ0) is 15.6. The molecule has 0 saturated carbocycles. The van der Waals surface area contributed by atoms with Crippen LogP contribution >= 0.6 is 11.3 Å². The predicted octanol–water partition coefficient (Wildman–Crippen LogP) is 3.80. The number of alkyl halides is 3. The number of halogens is 3. The summed E-state index contributed by atoms with van der Waals surface area (Å²) in [6, 6.07) is 2.95. The molecule has 1 unspecified atom stereocenters. The highest BCUT2D eigenvalue weighted by Gasteiger charge is 2.30. The summed E-state index contributed by atoms with van der Waals surface area (Å²) >= 11 is -0.125. The van der Waals surface area contributed by atoms with Gasteiger partial charge in [-0.1, -0.05) is 0 Å². The molecule has 116 valence electrons. The van der Waals surface area contributed by atoms with E-state index in [4.69, 9.17) is 0 Å². The minimum absolute atomic E-state index is 0.201. The second-order valence-corrected chi connectivity index (χ2v) is 8.36. The maximum atomic E-state index is 12.0. The molecule has 8 heteroatoms. The van der Waals surface area contributed by atoms with Gasteiger partial charge in [0, 0.05) is 16.2 Å². The van der Waals surface area contributed by atoms with E-state index in [1.807, 2.05) is 27.7 Å². The Hall–Kier alpha value is -0.440. The molecular weight excluding hydrogens is 311 g/mol. The fourth-order valence-electron chi connectivity index (χ4n) is 1.19. The Bertz CT molecular complexity index is 429. The summed E-state index contributed by atoms with van der Waals surface area (Å²) < 4.78 is 55.2. The molecule has 2 atom stereocenters. The molecule has 1 N–H and O–H groups in total. The lowest BCUT2D eigenvalue weighted by Crippen LogP contribution is -2.40. The molecule has 0 aliphatic rings. The van der Waals surface area contributed by atoms with Crippen molar-refractivity contribution >= 4 is 22.7 Å². The SMILES string of the molecule is CC(N[S@@+]([O-])C(C)(C)C)c1ccc(OCC(F)(F)F)s1. The van der Waals surface area contributed by atoms with Crippen molar-refractivity contribution in [3.8, 4) is 5.06 Å². The molecule has 0 aromatic carbocycles. The van der Waals surface area contributed by atoms with E-state index in [1.54, 1.807) is 6.07 Å². The summed E-state index contributed by atoms with van der Waals surface area (Å²) in [6.07, 6.45) is -4.35. The molecule has 0 bridgehead atoms. The van der Waals surface area contributed by atoms with Crippen molar-refractivity contribution in [1.82, 2.24) is 4.72 Å². The van der Waals surface area contributed by atoms with Crippen molar-refractivity contribution in [3.05, 3.63) is 17.0 Å². The third-order valence-electron chi connectivity index (χ3n) is 2.25. The van der Waals surface area contributed by atoms with Crippen molar-refractivity contribution < 1.29 is 22.5 Å². The summed E-state index contributed by atoms with van der Waals surface area (Å²) in [7, 11) is 0. The van der Waals surface area contributed by atoms with Gasteiger partial charge in [-0.2, -0.15) is 13.2 Å². The number of ether oxygens (including phenoxy) is 1. The Morgan fingerprint density at radius 2 is 1.95 bits per heavy atom. The van der Waals surface area contributed by atoms with Gasteiger partial charge in [0.1, 0.15) is 4.75 Å². The van der Waals surface area contributed by atoms with Gasteiger partial charge < -0.3 is 9.29 Å². The van der Waals surface area contributed by atoms with E-state index in [2.05, 4.69) is 9.46 Å². The summed E-state index contributed by atoms with van der Waals surface area (Å²) in [4.78, 5) is 0.778. The average Bonchev–Trinajstić information content (AvgIpc) is 2.72. The molecule has 3 nitrogen and oxygen atoms in total. The number of hydrogen-bond donors (Lipinski definition) is 1. The minimum Gasteiger partial charge on any atom is -0.598 e. The molecule has 0 fully saturated rings. The van der Waals surface area contributed by atoms with Crippen LogP contribution in [0, 0.1) is 0 Å². The van der Waals surface area contributed by atoms with Crippen LogP contribution in [0.25, 0.3) is 0 Å². The van der Waals surface area contributed by atoms with Crippen LogP contribution in [0.2, 0.25) is 0 Å². The van der Waals surface area contributed by atoms with E-state index in [-0.39, 0.29) is 11.1 Å². The van der Waals surface area contributed by atoms with E-state index < -0.39 is 28.9 Å². The van der Waals surface area contributed by atoms with E-state index >= 15 is 0 Å². The highest BCUT2D eigenvalue weighted by Crippen LogP contribution is 2.31. The molecule has 0 aliphatic carbocycles. The van der Waals surface area contributed by atoms with Gasteiger partial charge in [0.2, 0.25) is 0 Å². The van der Waals surface area contributed by atoms with Crippen LogP contribution in [0.4, 0.5) is 13.2 Å². The first kappa shape index (κ1) is 17.6. The summed E-state index contributed by atoms with van der Waals surface area (Å²) in [5.74, 6) is 0. The maximum Gasteiger partial charge on any atom is 0.422 e. The van der Waals surface area contributed by atoms with Crippen molar-refractivity contribution in [3.63, 3.8) is 0 Å². The second-order valence-electron chi connectivity index (χ2n) is 5.28. The first-order valence-corrected chi connectivity index (χ1v) is 7.93. The zero-order valence-electron chi connectivity index (χ0n) is 11.7. The first-order chi connectivity index (χ1) is 8.99. The minimum atomic E-state index is -4.35. The monoisotopic (exact) mass is 329 g/mol. The van der Waals surface area contributed by atoms with Gasteiger partial charge in [0.15, 0.2) is 11.7 Å². The Balaban J connectivity index is 2.58. The third-order valence-corrected chi connectivity index (χ3v) is 5.11. The smallest absolute Gasteiger partial charge is 0.422 e. The lowest BCUT2D eigenvalue weighted by molar-refractivity contribution is -0.152. The zero-order valence-corrected chi connectivity index (χ0v) is 13.3. The number of hydrogen-bond acceptors (Lipinski definition) is 4. The van der Waals surface area contributed by atoms with Crippen LogP contribution in [0.15, 0.2) is 12.1 Å². The van der Waals surface area contributed by atoms with Gasteiger partial charge in [0.05, 0.1) is 6.04 Å². The molecule has 0 spiro atoms. The van der Waals surface area contributed by atoms with Gasteiger partial charge in [-0.25, -0.2) is 0 Å². The van der Waals surface area contributed by atoms with E-state index in [0.717, 1.165) is 16.2 Å². The van der Waals surface area contributed by atoms with Gasteiger partial charge in [-0.05, 0) is 39.8 Å². The number of rotatable bonds is 5. The van der Waals surface area contributed by atoms with Crippen molar-refractivity contribution in [1.29, 1.82) is 0 Å². The van der Waals surface area contributed by atoms with Crippen molar-refractivity contribution in [2.75, 3.05) is 6.61 Å². The number of nitrogens with one attached hydrogen (secondary N) is 1. The first-order valence-electron chi connectivity index (χ1n) is 5.96. The summed E-state index contributed by atoms with van der Waals surface area (Å²) in [5, 5.41) is 0.201. The maximum absolute atomic E-state index is 12.0. The van der Waals surface area contributed by atoms with E-state index in [0.29, 0.717) is 0 Å². The third kappa shape index (κ3) is 5.90. The molecule has 1 aromatic rings. The molecular formula is C12H18F3NO2S2. The lowest BCUT2D eigenvalue weighted by Gasteiger charge is -2.26. The summed E-state index contributed by atoms with van der Waals surface area (Å²) in [6.45, 7) is 6.03. The highest BCUT2D eigenvalue weighted by molar-refractivity contribution is 7.90. The molecule has 0 radical (unpaired) electrons. The summed E-state index contributed by atoms with van der Waals surface area (Å²) in [5.41, 5.74) is 0. The molecule has 0 aliphatic heterocycles. The predicted molar refractivity (Wildman–Crippen MR) is 75.3 cm³/mol. The van der Waals surface area contributed by atoms with E-state index in [9.17, 15) is 17.7 Å². The van der Waals surface area contributed by atoms with Crippen LogP contribution in [-0.4, -0.2) is 22.1 Å². The fourth-order valence-corrected chi connectivity index (χ4v) is 2.93. The second kappa shape index (κ2) is 6.55. The van der Waals surface area contributed by atoms with Gasteiger partial charge in [-0.3, -0.25) is 0 Å². The van der Waals surface area contributed by atoms with Crippen molar-refractivity contribution in [2.24, 2.45) is 0 Å². The standard InChI is InChI=1S/C12H18F3NO2S2/c1-8(16-20(17)11(2,3)4)9-5-6-10(19-9)18-7-12(13,14)15/h5-6,8,16H,7H2,1-4H3/t8?,20-/m0/s1. The average molecular weight is 329 g/mol. The number of thiophene rings is 1. The van der Waals surface area contributed by atoms with E-state index in [1.165, 1.54) is 6.07 Å². The van der Waals surface area contributed by atoms with Crippen LogP contribution in [0.5, 0.6) is 5.06 Å². The van der Waals surface area contributed by atoms with Crippen LogP contribution in [0.1, 0.15) is 38.6 Å². The molecule has 1 heterocycles. The Kier molecular flexibility index (Phi) is 5.77. The normalized spacial score (nSPS) is 16.0. The van der Waals surface area contributed by atoms with Crippen LogP contribution < -0.4 is 9.46 Å². The van der Waals surface area contributed by atoms with Crippen LogP contribution in [0.3, 0.4) is 0 Å². The topological polar surface area (TPSA) is 44.3 Å². The Morgan fingerprint density at radius 1 is 1.35 bits per heavy atom. The Labute approximate surface area is 123 Å². The van der Waals surface area contributed by atoms with Gasteiger partial charge in [-0.15, -0.1) is 16.1 Å². The van der Waals surface area contributed by atoms with Gasteiger partial charge in [0.25, 0.3) is 0 Å². The lowest BCUT2D eigenvalue weighted by atomic mass is 10.3. The quantitative estimate of drug-likeness (QED) is 0.836. The highest BCUT2D eigenvalue weighted by atomic mass is 32.2. The van der Waals surface area contributed by atoms with Gasteiger partial charge >= 0.3 is 6.18 Å². The molecule has 20 heavy (non-hydrogen) atoms. The Morgan fingerprint density at radius 3 is 2.45 bits per heavy atom. The molecule has 0 amide bonds. The molecule has 1 rings (SSSR count). The molecule has 1 aromatic heterocycles. The molecule has 0 saturated heterocycles. The largest absolute Gasteiger partial charge is 0.598 e. The van der Waals surface area contributed by atoms with Crippen molar-refractivity contribution in [2.45, 2.75) is 44.7 Å². The van der Waals surface area contributed by atoms with Crippen LogP contribution in [-0.2, 0) is 11.4 Å².